The lowest BCUT2D eigenvalue weighted by Crippen LogP contribution is -2.42. The molecule has 2 amide bonds. The molecule has 4 N–H and O–H groups in total. The number of rotatable bonds is 4. The number of anilines is 1. The lowest BCUT2D eigenvalue weighted by molar-refractivity contribution is -0.124. The Morgan fingerprint density at radius 1 is 1.20 bits per heavy atom. The van der Waals surface area contributed by atoms with E-state index in [0.717, 1.165) is 22.4 Å². The Balaban J connectivity index is 0.00000361. The Bertz CT molecular complexity index is 478. The summed E-state index contributed by atoms with van der Waals surface area (Å²) >= 11 is 0. The Hall–Kier alpha value is -1.59. The zero-order chi connectivity index (χ0) is 14.6. The molecule has 1 aromatic rings. The highest BCUT2D eigenvalue weighted by Gasteiger charge is 2.11. The summed E-state index contributed by atoms with van der Waals surface area (Å²) in [7, 11) is 0. The van der Waals surface area contributed by atoms with Crippen LogP contribution in [0.5, 0.6) is 0 Å². The molecule has 0 aliphatic heterocycles. The summed E-state index contributed by atoms with van der Waals surface area (Å²) in [5, 5.41) is 5.28. The SMILES string of the molecule is Cc1cc(C)c(NC(=O)CNC(=O)[C@@H](C)N)c(C)c1.Cl. The van der Waals surface area contributed by atoms with E-state index in [4.69, 9.17) is 5.73 Å². The largest absolute Gasteiger partial charge is 0.346 e. The number of aryl methyl sites for hydroxylation is 3. The van der Waals surface area contributed by atoms with Crippen LogP contribution in [0.25, 0.3) is 0 Å². The van der Waals surface area contributed by atoms with Gasteiger partial charge in [-0.1, -0.05) is 17.7 Å². The Labute approximate surface area is 125 Å². The Kier molecular flexibility index (Phi) is 7.24. The minimum atomic E-state index is -0.615. The van der Waals surface area contributed by atoms with Crippen LogP contribution >= 0.6 is 12.4 Å². The van der Waals surface area contributed by atoms with Crippen LogP contribution in [-0.2, 0) is 9.59 Å². The fourth-order valence-electron chi connectivity index (χ4n) is 1.89. The minimum Gasteiger partial charge on any atom is -0.346 e. The van der Waals surface area contributed by atoms with Gasteiger partial charge in [-0.3, -0.25) is 9.59 Å². The molecule has 0 fully saturated rings. The van der Waals surface area contributed by atoms with Gasteiger partial charge in [0.25, 0.3) is 0 Å². The summed E-state index contributed by atoms with van der Waals surface area (Å²) in [6.07, 6.45) is 0. The highest BCUT2D eigenvalue weighted by Crippen LogP contribution is 2.21. The topological polar surface area (TPSA) is 84.2 Å². The van der Waals surface area contributed by atoms with E-state index in [-0.39, 0.29) is 30.8 Å². The summed E-state index contributed by atoms with van der Waals surface area (Å²) < 4.78 is 0. The number of carbonyl (C=O) groups is 2. The van der Waals surface area contributed by atoms with E-state index in [1.807, 2.05) is 32.9 Å². The molecule has 0 saturated heterocycles. The standard InChI is InChI=1S/C14H21N3O2.ClH/c1-8-5-9(2)13(10(3)6-8)17-12(18)7-16-14(19)11(4)15;/h5-6,11H,7,15H2,1-4H3,(H,16,19)(H,17,18);1H/t11-;/m1./s1. The number of nitrogens with one attached hydrogen (secondary N) is 2. The normalized spacial score (nSPS) is 11.2. The third-order valence-electron chi connectivity index (χ3n) is 2.78. The third kappa shape index (κ3) is 5.19. The van der Waals surface area contributed by atoms with E-state index >= 15 is 0 Å². The van der Waals surface area contributed by atoms with Crippen molar-refractivity contribution in [3.63, 3.8) is 0 Å². The van der Waals surface area contributed by atoms with Crippen molar-refractivity contribution in [2.24, 2.45) is 5.73 Å². The predicted octanol–water partition coefficient (Wildman–Crippen LogP) is 1.44. The summed E-state index contributed by atoms with van der Waals surface area (Å²) in [6, 6.07) is 3.39. The van der Waals surface area contributed by atoms with Gasteiger partial charge in [-0.05, 0) is 38.8 Å². The number of benzene rings is 1. The van der Waals surface area contributed by atoms with Crippen molar-refractivity contribution in [3.8, 4) is 0 Å². The van der Waals surface area contributed by atoms with Crippen LogP contribution in [0, 0.1) is 20.8 Å². The highest BCUT2D eigenvalue weighted by atomic mass is 35.5. The van der Waals surface area contributed by atoms with Crippen molar-refractivity contribution in [1.82, 2.24) is 5.32 Å². The zero-order valence-corrected chi connectivity index (χ0v) is 13.1. The summed E-state index contributed by atoms with van der Waals surface area (Å²) in [5.74, 6) is -0.600. The maximum atomic E-state index is 11.8. The number of hydrogen-bond donors (Lipinski definition) is 3. The maximum Gasteiger partial charge on any atom is 0.243 e. The van der Waals surface area contributed by atoms with E-state index < -0.39 is 6.04 Å². The lowest BCUT2D eigenvalue weighted by atomic mass is 10.1. The van der Waals surface area contributed by atoms with Crippen molar-refractivity contribution < 1.29 is 9.59 Å². The molecular weight excluding hydrogens is 278 g/mol. The lowest BCUT2D eigenvalue weighted by Gasteiger charge is -2.13. The molecule has 0 aliphatic carbocycles. The molecular formula is C14H22ClN3O2. The number of carbonyl (C=O) groups excluding carboxylic acids is 2. The molecule has 1 rings (SSSR count). The van der Waals surface area contributed by atoms with Crippen LogP contribution in [0.2, 0.25) is 0 Å². The maximum absolute atomic E-state index is 11.8. The van der Waals surface area contributed by atoms with Crippen LogP contribution in [0.15, 0.2) is 12.1 Å². The molecule has 0 saturated carbocycles. The second-order valence-corrected chi connectivity index (χ2v) is 4.83. The average Bonchev–Trinajstić information content (AvgIpc) is 2.30. The van der Waals surface area contributed by atoms with E-state index in [1.165, 1.54) is 0 Å². The van der Waals surface area contributed by atoms with Crippen molar-refractivity contribution in [1.29, 1.82) is 0 Å². The van der Waals surface area contributed by atoms with Crippen molar-refractivity contribution in [3.05, 3.63) is 28.8 Å². The summed E-state index contributed by atoms with van der Waals surface area (Å²) in [4.78, 5) is 23.0. The smallest absolute Gasteiger partial charge is 0.243 e. The molecule has 0 bridgehead atoms. The molecule has 6 heteroatoms. The van der Waals surface area contributed by atoms with Gasteiger partial charge in [0, 0.05) is 5.69 Å². The number of halogens is 1. The monoisotopic (exact) mass is 299 g/mol. The molecule has 1 aromatic carbocycles. The van der Waals surface area contributed by atoms with Gasteiger partial charge in [0.2, 0.25) is 11.8 Å². The highest BCUT2D eigenvalue weighted by molar-refractivity contribution is 5.96. The van der Waals surface area contributed by atoms with E-state index in [0.29, 0.717) is 0 Å². The first-order valence-electron chi connectivity index (χ1n) is 6.22. The molecule has 1 atom stereocenters. The van der Waals surface area contributed by atoms with Gasteiger partial charge in [-0.25, -0.2) is 0 Å². The minimum absolute atomic E-state index is 0. The van der Waals surface area contributed by atoms with E-state index in [9.17, 15) is 9.59 Å². The molecule has 20 heavy (non-hydrogen) atoms. The molecule has 0 heterocycles. The van der Waals surface area contributed by atoms with E-state index in [2.05, 4.69) is 10.6 Å². The number of nitrogens with two attached hydrogens (primary N) is 1. The van der Waals surface area contributed by atoms with Gasteiger partial charge in [0.1, 0.15) is 0 Å². The van der Waals surface area contributed by atoms with E-state index in [1.54, 1.807) is 6.92 Å². The molecule has 0 unspecified atom stereocenters. The van der Waals surface area contributed by atoms with Gasteiger partial charge in [0.15, 0.2) is 0 Å². The fourth-order valence-corrected chi connectivity index (χ4v) is 1.89. The first-order valence-corrected chi connectivity index (χ1v) is 6.22. The summed E-state index contributed by atoms with van der Waals surface area (Å²) in [6.45, 7) is 7.38. The average molecular weight is 300 g/mol. The molecule has 0 aromatic heterocycles. The zero-order valence-electron chi connectivity index (χ0n) is 12.2. The Morgan fingerprint density at radius 3 is 2.15 bits per heavy atom. The fraction of sp³-hybridized carbons (Fsp3) is 0.429. The first-order chi connectivity index (χ1) is 8.81. The van der Waals surface area contributed by atoms with Crippen molar-refractivity contribution >= 4 is 29.9 Å². The molecule has 5 nitrogen and oxygen atoms in total. The molecule has 0 spiro atoms. The van der Waals surface area contributed by atoms with Gasteiger partial charge < -0.3 is 16.4 Å². The van der Waals surface area contributed by atoms with Crippen LogP contribution in [0.3, 0.4) is 0 Å². The number of hydrogen-bond acceptors (Lipinski definition) is 3. The first kappa shape index (κ1) is 18.4. The second kappa shape index (κ2) is 7.87. The number of amides is 2. The molecule has 0 aliphatic rings. The van der Waals surface area contributed by atoms with Gasteiger partial charge in [0.05, 0.1) is 12.6 Å². The van der Waals surface area contributed by atoms with Crippen molar-refractivity contribution in [2.75, 3.05) is 11.9 Å². The second-order valence-electron chi connectivity index (χ2n) is 4.83. The molecule has 0 radical (unpaired) electrons. The van der Waals surface area contributed by atoms with Gasteiger partial charge in [-0.15, -0.1) is 12.4 Å². The van der Waals surface area contributed by atoms with Crippen LogP contribution < -0.4 is 16.4 Å². The Morgan fingerprint density at radius 2 is 1.70 bits per heavy atom. The third-order valence-corrected chi connectivity index (χ3v) is 2.78. The van der Waals surface area contributed by atoms with Crippen LogP contribution in [0.4, 0.5) is 5.69 Å². The van der Waals surface area contributed by atoms with Gasteiger partial charge >= 0.3 is 0 Å². The van der Waals surface area contributed by atoms with Crippen LogP contribution in [-0.4, -0.2) is 24.4 Å². The summed E-state index contributed by atoms with van der Waals surface area (Å²) in [5.41, 5.74) is 9.35. The molecule has 112 valence electrons. The predicted molar refractivity (Wildman–Crippen MR) is 83.2 cm³/mol. The van der Waals surface area contributed by atoms with Crippen molar-refractivity contribution in [2.45, 2.75) is 33.7 Å². The van der Waals surface area contributed by atoms with Crippen LogP contribution in [0.1, 0.15) is 23.6 Å². The van der Waals surface area contributed by atoms with Gasteiger partial charge in [-0.2, -0.15) is 0 Å². The quantitative estimate of drug-likeness (QED) is 0.786.